The Kier molecular flexibility index (Phi) is 5.91. The summed E-state index contributed by atoms with van der Waals surface area (Å²) in [5, 5.41) is 3.61. The van der Waals surface area contributed by atoms with Crippen LogP contribution in [0.25, 0.3) is 0 Å². The molecule has 0 bridgehead atoms. The van der Waals surface area contributed by atoms with E-state index in [4.69, 9.17) is 0 Å². The van der Waals surface area contributed by atoms with Gasteiger partial charge in [0.05, 0.1) is 0 Å². The molecule has 0 heterocycles. The normalized spacial score (nSPS) is 15.5. The standard InChI is InChI=1S/C18H29N/c1-3-7-18(19-4-2)11-5-8-15-12-13-16-9-6-10-17(16)14-15/h12-14,18-19H,3-11H2,1-2H3. The van der Waals surface area contributed by atoms with Crippen LogP contribution in [0.2, 0.25) is 0 Å². The smallest absolute Gasteiger partial charge is 0.00669 e. The van der Waals surface area contributed by atoms with E-state index in [1.165, 1.54) is 51.4 Å². The van der Waals surface area contributed by atoms with Crippen molar-refractivity contribution in [2.24, 2.45) is 0 Å². The molecule has 0 saturated heterocycles. The van der Waals surface area contributed by atoms with Gasteiger partial charge in [-0.2, -0.15) is 0 Å². The largest absolute Gasteiger partial charge is 0.314 e. The van der Waals surface area contributed by atoms with Crippen molar-refractivity contribution < 1.29 is 0 Å². The van der Waals surface area contributed by atoms with Crippen LogP contribution in [0.15, 0.2) is 18.2 Å². The summed E-state index contributed by atoms with van der Waals surface area (Å²) in [5.41, 5.74) is 4.77. The summed E-state index contributed by atoms with van der Waals surface area (Å²) >= 11 is 0. The van der Waals surface area contributed by atoms with Crippen molar-refractivity contribution >= 4 is 0 Å². The predicted octanol–water partition coefficient (Wildman–Crippen LogP) is 4.28. The van der Waals surface area contributed by atoms with Gasteiger partial charge in [0.1, 0.15) is 0 Å². The van der Waals surface area contributed by atoms with E-state index in [0.717, 1.165) is 12.6 Å². The fourth-order valence-electron chi connectivity index (χ4n) is 3.32. The Bertz CT molecular complexity index is 377. The third-order valence-corrected chi connectivity index (χ3v) is 4.31. The molecule has 0 fully saturated rings. The van der Waals surface area contributed by atoms with E-state index < -0.39 is 0 Å². The third-order valence-electron chi connectivity index (χ3n) is 4.31. The molecule has 1 atom stereocenters. The maximum Gasteiger partial charge on any atom is 0.00669 e. The second-order valence-corrected chi connectivity index (χ2v) is 5.89. The van der Waals surface area contributed by atoms with Gasteiger partial charge in [-0.05, 0) is 68.2 Å². The van der Waals surface area contributed by atoms with Gasteiger partial charge in [0.2, 0.25) is 0 Å². The molecule has 106 valence electrons. The number of benzene rings is 1. The van der Waals surface area contributed by atoms with Gasteiger partial charge in [-0.25, -0.2) is 0 Å². The minimum atomic E-state index is 0.726. The van der Waals surface area contributed by atoms with Crippen molar-refractivity contribution in [2.75, 3.05) is 6.54 Å². The van der Waals surface area contributed by atoms with Crippen molar-refractivity contribution in [3.8, 4) is 0 Å². The zero-order valence-corrected chi connectivity index (χ0v) is 12.7. The summed E-state index contributed by atoms with van der Waals surface area (Å²) in [6.45, 7) is 5.59. The molecule has 2 rings (SSSR count). The van der Waals surface area contributed by atoms with Crippen LogP contribution in [-0.2, 0) is 19.3 Å². The van der Waals surface area contributed by atoms with E-state index in [2.05, 4.69) is 37.4 Å². The van der Waals surface area contributed by atoms with Crippen molar-refractivity contribution in [3.05, 3.63) is 34.9 Å². The number of hydrogen-bond donors (Lipinski definition) is 1. The van der Waals surface area contributed by atoms with E-state index in [-0.39, 0.29) is 0 Å². The molecule has 0 amide bonds. The van der Waals surface area contributed by atoms with Gasteiger partial charge in [-0.15, -0.1) is 0 Å². The van der Waals surface area contributed by atoms with Crippen LogP contribution >= 0.6 is 0 Å². The first-order valence-corrected chi connectivity index (χ1v) is 8.17. The lowest BCUT2D eigenvalue weighted by molar-refractivity contribution is 0.447. The number of hydrogen-bond acceptors (Lipinski definition) is 1. The average molecular weight is 259 g/mol. The minimum Gasteiger partial charge on any atom is -0.314 e. The fraction of sp³-hybridized carbons (Fsp3) is 0.667. The molecule has 1 aromatic carbocycles. The van der Waals surface area contributed by atoms with Gasteiger partial charge < -0.3 is 5.32 Å². The lowest BCUT2D eigenvalue weighted by atomic mass is 9.99. The summed E-state index contributed by atoms with van der Waals surface area (Å²) in [6.07, 6.45) is 10.5. The zero-order chi connectivity index (χ0) is 13.5. The van der Waals surface area contributed by atoms with Crippen LogP contribution in [0.5, 0.6) is 0 Å². The topological polar surface area (TPSA) is 12.0 Å². The highest BCUT2D eigenvalue weighted by Crippen LogP contribution is 2.23. The lowest BCUT2D eigenvalue weighted by Gasteiger charge is -2.16. The summed E-state index contributed by atoms with van der Waals surface area (Å²) < 4.78 is 0. The molecular weight excluding hydrogens is 230 g/mol. The maximum atomic E-state index is 3.61. The molecule has 1 N–H and O–H groups in total. The average Bonchev–Trinajstić information content (AvgIpc) is 2.86. The first-order chi connectivity index (χ1) is 9.33. The lowest BCUT2D eigenvalue weighted by Crippen LogP contribution is -2.28. The van der Waals surface area contributed by atoms with E-state index in [0.29, 0.717) is 0 Å². The Balaban J connectivity index is 1.78. The second kappa shape index (κ2) is 7.69. The van der Waals surface area contributed by atoms with Gasteiger partial charge in [0, 0.05) is 6.04 Å². The van der Waals surface area contributed by atoms with Crippen LogP contribution in [-0.4, -0.2) is 12.6 Å². The number of nitrogens with one attached hydrogen (secondary N) is 1. The zero-order valence-electron chi connectivity index (χ0n) is 12.7. The quantitative estimate of drug-likeness (QED) is 0.735. The van der Waals surface area contributed by atoms with E-state index in [9.17, 15) is 0 Å². The molecule has 1 heteroatoms. The summed E-state index contributed by atoms with van der Waals surface area (Å²) in [6, 6.07) is 7.91. The Morgan fingerprint density at radius 3 is 2.74 bits per heavy atom. The molecule has 0 radical (unpaired) electrons. The van der Waals surface area contributed by atoms with E-state index in [1.54, 1.807) is 16.7 Å². The van der Waals surface area contributed by atoms with Crippen molar-refractivity contribution in [1.82, 2.24) is 5.32 Å². The Morgan fingerprint density at radius 1 is 1.11 bits per heavy atom. The highest BCUT2D eigenvalue weighted by Gasteiger charge is 2.11. The maximum absolute atomic E-state index is 3.61. The van der Waals surface area contributed by atoms with Gasteiger partial charge in [0.15, 0.2) is 0 Å². The Labute approximate surface area is 118 Å². The molecule has 1 aromatic rings. The van der Waals surface area contributed by atoms with Crippen LogP contribution in [0.1, 0.15) is 62.6 Å². The van der Waals surface area contributed by atoms with Gasteiger partial charge in [0.25, 0.3) is 0 Å². The number of fused-ring (bicyclic) bond motifs is 1. The molecule has 0 aromatic heterocycles. The third kappa shape index (κ3) is 4.35. The summed E-state index contributed by atoms with van der Waals surface area (Å²) in [4.78, 5) is 0. The first kappa shape index (κ1) is 14.6. The highest BCUT2D eigenvalue weighted by molar-refractivity contribution is 5.35. The van der Waals surface area contributed by atoms with Crippen molar-refractivity contribution in [3.63, 3.8) is 0 Å². The van der Waals surface area contributed by atoms with Gasteiger partial charge in [-0.3, -0.25) is 0 Å². The molecule has 1 nitrogen and oxygen atoms in total. The van der Waals surface area contributed by atoms with E-state index in [1.807, 2.05) is 0 Å². The first-order valence-electron chi connectivity index (χ1n) is 8.17. The fourth-order valence-corrected chi connectivity index (χ4v) is 3.32. The molecule has 0 aliphatic heterocycles. The predicted molar refractivity (Wildman–Crippen MR) is 83.8 cm³/mol. The summed E-state index contributed by atoms with van der Waals surface area (Å²) in [5.74, 6) is 0. The minimum absolute atomic E-state index is 0.726. The molecule has 0 saturated carbocycles. The van der Waals surface area contributed by atoms with Crippen molar-refractivity contribution in [1.29, 1.82) is 0 Å². The highest BCUT2D eigenvalue weighted by atomic mass is 14.9. The SMILES string of the molecule is CCCC(CCCc1ccc2c(c1)CCC2)NCC. The molecule has 0 spiro atoms. The Morgan fingerprint density at radius 2 is 1.95 bits per heavy atom. The van der Waals surface area contributed by atoms with Crippen LogP contribution in [0.3, 0.4) is 0 Å². The van der Waals surface area contributed by atoms with E-state index >= 15 is 0 Å². The monoisotopic (exact) mass is 259 g/mol. The van der Waals surface area contributed by atoms with Crippen LogP contribution < -0.4 is 5.32 Å². The number of aryl methyl sites for hydroxylation is 3. The van der Waals surface area contributed by atoms with Gasteiger partial charge in [-0.1, -0.05) is 38.5 Å². The molecule has 1 unspecified atom stereocenters. The molecule has 1 aliphatic rings. The second-order valence-electron chi connectivity index (χ2n) is 5.89. The Hall–Kier alpha value is -0.820. The molecule has 1 aliphatic carbocycles. The van der Waals surface area contributed by atoms with Crippen LogP contribution in [0.4, 0.5) is 0 Å². The van der Waals surface area contributed by atoms with Gasteiger partial charge >= 0.3 is 0 Å². The molecule has 19 heavy (non-hydrogen) atoms. The summed E-state index contributed by atoms with van der Waals surface area (Å²) in [7, 11) is 0. The number of rotatable bonds is 8. The molecular formula is C18H29N. The van der Waals surface area contributed by atoms with Crippen molar-refractivity contribution in [2.45, 2.75) is 71.3 Å². The van der Waals surface area contributed by atoms with Crippen LogP contribution in [0, 0.1) is 0 Å².